The molecular formula is C11H10F2O4. The molecule has 0 heterocycles. The summed E-state index contributed by atoms with van der Waals surface area (Å²) >= 11 is 0. The Morgan fingerprint density at radius 2 is 1.82 bits per heavy atom. The van der Waals surface area contributed by atoms with Crippen molar-refractivity contribution in [2.75, 3.05) is 7.11 Å². The maximum absolute atomic E-state index is 13.1. The van der Waals surface area contributed by atoms with Crippen molar-refractivity contribution in [3.8, 4) is 5.75 Å². The number of benzene rings is 1. The van der Waals surface area contributed by atoms with E-state index in [1.54, 1.807) is 0 Å². The number of carbonyl (C=O) groups is 2. The number of methoxy groups -OCH3 is 1. The van der Waals surface area contributed by atoms with E-state index in [0.717, 1.165) is 12.1 Å². The molecule has 92 valence electrons. The minimum absolute atomic E-state index is 0.155. The molecule has 0 aliphatic carbocycles. The molecule has 6 heteroatoms. The summed E-state index contributed by atoms with van der Waals surface area (Å²) in [7, 11) is 1.19. The van der Waals surface area contributed by atoms with Crippen molar-refractivity contribution in [1.82, 2.24) is 0 Å². The van der Waals surface area contributed by atoms with E-state index in [1.165, 1.54) is 7.11 Å². The van der Waals surface area contributed by atoms with Crippen LogP contribution in [-0.4, -0.2) is 19.0 Å². The van der Waals surface area contributed by atoms with E-state index in [4.69, 9.17) is 0 Å². The van der Waals surface area contributed by atoms with E-state index in [2.05, 4.69) is 9.47 Å². The minimum atomic E-state index is -0.976. The SMILES string of the molecule is COC(=O)CCC(=O)Oc1ccc(F)cc1F. The van der Waals surface area contributed by atoms with Gasteiger partial charge in [-0.25, -0.2) is 8.78 Å². The van der Waals surface area contributed by atoms with Gasteiger partial charge in [-0.3, -0.25) is 9.59 Å². The van der Waals surface area contributed by atoms with Gasteiger partial charge in [-0.05, 0) is 12.1 Å². The molecule has 4 nitrogen and oxygen atoms in total. The van der Waals surface area contributed by atoms with Crippen molar-refractivity contribution >= 4 is 11.9 Å². The monoisotopic (exact) mass is 244 g/mol. The van der Waals surface area contributed by atoms with E-state index < -0.39 is 23.6 Å². The van der Waals surface area contributed by atoms with E-state index in [0.29, 0.717) is 6.07 Å². The molecule has 0 fully saturated rings. The Labute approximate surface area is 96.1 Å². The first-order valence-corrected chi connectivity index (χ1v) is 4.75. The zero-order valence-electron chi connectivity index (χ0n) is 9.04. The number of rotatable bonds is 4. The maximum atomic E-state index is 13.1. The van der Waals surface area contributed by atoms with Gasteiger partial charge in [0.1, 0.15) is 5.82 Å². The van der Waals surface area contributed by atoms with Crippen LogP contribution >= 0.6 is 0 Å². The molecule has 0 saturated carbocycles. The molecule has 0 aliphatic heterocycles. The van der Waals surface area contributed by atoms with Crippen molar-refractivity contribution in [1.29, 1.82) is 0 Å². The molecule has 0 atom stereocenters. The lowest BCUT2D eigenvalue weighted by molar-refractivity contribution is -0.144. The van der Waals surface area contributed by atoms with E-state index >= 15 is 0 Å². The van der Waals surface area contributed by atoms with Gasteiger partial charge in [0, 0.05) is 6.07 Å². The lowest BCUT2D eigenvalue weighted by Gasteiger charge is -2.04. The molecule has 0 amide bonds. The van der Waals surface area contributed by atoms with Gasteiger partial charge in [-0.15, -0.1) is 0 Å². The lowest BCUT2D eigenvalue weighted by Crippen LogP contribution is -2.12. The Morgan fingerprint density at radius 1 is 1.18 bits per heavy atom. The number of halogens is 2. The van der Waals surface area contributed by atoms with Gasteiger partial charge < -0.3 is 9.47 Å². The number of ether oxygens (including phenoxy) is 2. The molecule has 0 saturated heterocycles. The van der Waals surface area contributed by atoms with Gasteiger partial charge in [-0.1, -0.05) is 0 Å². The van der Waals surface area contributed by atoms with Crippen LogP contribution in [-0.2, 0) is 14.3 Å². The first-order valence-electron chi connectivity index (χ1n) is 4.75. The number of carbonyl (C=O) groups excluding carboxylic acids is 2. The summed E-state index contributed by atoms with van der Waals surface area (Å²) in [6, 6.07) is 2.57. The van der Waals surface area contributed by atoms with Gasteiger partial charge in [0.05, 0.1) is 20.0 Å². The van der Waals surface area contributed by atoms with Crippen molar-refractivity contribution in [3.05, 3.63) is 29.8 Å². The minimum Gasteiger partial charge on any atom is -0.469 e. The molecule has 0 spiro atoms. The molecular weight excluding hydrogens is 234 g/mol. The largest absolute Gasteiger partial charge is 0.469 e. The lowest BCUT2D eigenvalue weighted by atomic mass is 10.3. The Hall–Kier alpha value is -1.98. The second-order valence-electron chi connectivity index (χ2n) is 3.12. The Morgan fingerprint density at radius 3 is 2.41 bits per heavy atom. The molecule has 17 heavy (non-hydrogen) atoms. The predicted octanol–water partition coefficient (Wildman–Crippen LogP) is 1.82. The predicted molar refractivity (Wildman–Crippen MR) is 53.2 cm³/mol. The Bertz CT molecular complexity index is 431. The normalized spacial score (nSPS) is 9.82. The second kappa shape index (κ2) is 5.93. The fourth-order valence-corrected chi connectivity index (χ4v) is 1.04. The fourth-order valence-electron chi connectivity index (χ4n) is 1.04. The first-order chi connectivity index (χ1) is 8.02. The van der Waals surface area contributed by atoms with Crippen LogP contribution in [0.4, 0.5) is 8.78 Å². The summed E-state index contributed by atoms with van der Waals surface area (Å²) < 4.78 is 34.5. The van der Waals surface area contributed by atoms with Crippen LogP contribution in [0, 0.1) is 11.6 Å². The van der Waals surface area contributed by atoms with Crippen molar-refractivity contribution in [3.63, 3.8) is 0 Å². The van der Waals surface area contributed by atoms with Crippen LogP contribution in [0.3, 0.4) is 0 Å². The summed E-state index contributed by atoms with van der Waals surface area (Å²) in [5.74, 6) is -3.48. The van der Waals surface area contributed by atoms with Gasteiger partial charge in [0.15, 0.2) is 11.6 Å². The van der Waals surface area contributed by atoms with Crippen molar-refractivity contribution in [2.24, 2.45) is 0 Å². The Balaban J connectivity index is 2.53. The van der Waals surface area contributed by atoms with Crippen LogP contribution in [0.5, 0.6) is 5.75 Å². The summed E-state index contributed by atoms with van der Waals surface area (Å²) in [5, 5.41) is 0. The highest BCUT2D eigenvalue weighted by molar-refractivity contribution is 5.78. The molecule has 0 aliphatic rings. The first kappa shape index (κ1) is 13.1. The molecule has 1 aromatic rings. The van der Waals surface area contributed by atoms with E-state index in [9.17, 15) is 18.4 Å². The van der Waals surface area contributed by atoms with Gasteiger partial charge in [-0.2, -0.15) is 0 Å². The third-order valence-electron chi connectivity index (χ3n) is 1.88. The third-order valence-corrected chi connectivity index (χ3v) is 1.88. The molecule has 1 rings (SSSR count). The molecule has 0 unspecified atom stereocenters. The molecule has 0 radical (unpaired) electrons. The fraction of sp³-hybridized carbons (Fsp3) is 0.273. The van der Waals surface area contributed by atoms with Crippen LogP contribution in [0.2, 0.25) is 0 Å². The zero-order chi connectivity index (χ0) is 12.8. The van der Waals surface area contributed by atoms with E-state index in [-0.39, 0.29) is 18.6 Å². The molecule has 1 aromatic carbocycles. The third kappa shape index (κ3) is 4.18. The molecule has 0 N–H and O–H groups in total. The smallest absolute Gasteiger partial charge is 0.311 e. The number of esters is 2. The van der Waals surface area contributed by atoms with Crippen molar-refractivity contribution in [2.45, 2.75) is 12.8 Å². The summed E-state index contributed by atoms with van der Waals surface area (Å²) in [4.78, 5) is 21.9. The second-order valence-corrected chi connectivity index (χ2v) is 3.12. The number of hydrogen-bond donors (Lipinski definition) is 0. The highest BCUT2D eigenvalue weighted by Gasteiger charge is 2.12. The van der Waals surface area contributed by atoms with E-state index in [1.807, 2.05) is 0 Å². The summed E-state index contributed by atoms with van der Waals surface area (Å²) in [5.41, 5.74) is 0. The zero-order valence-corrected chi connectivity index (χ0v) is 9.04. The standard InChI is InChI=1S/C11H10F2O4/c1-16-10(14)4-5-11(15)17-9-3-2-7(12)6-8(9)13/h2-3,6H,4-5H2,1H3. The van der Waals surface area contributed by atoms with Gasteiger partial charge in [0.25, 0.3) is 0 Å². The van der Waals surface area contributed by atoms with Crippen LogP contribution in [0.1, 0.15) is 12.8 Å². The molecule has 0 bridgehead atoms. The van der Waals surface area contributed by atoms with Gasteiger partial charge in [0.2, 0.25) is 0 Å². The maximum Gasteiger partial charge on any atom is 0.311 e. The average molecular weight is 244 g/mol. The van der Waals surface area contributed by atoms with Crippen LogP contribution in [0.25, 0.3) is 0 Å². The van der Waals surface area contributed by atoms with Gasteiger partial charge >= 0.3 is 11.9 Å². The molecule has 0 aromatic heterocycles. The number of hydrogen-bond acceptors (Lipinski definition) is 4. The Kier molecular flexibility index (Phi) is 4.56. The quantitative estimate of drug-likeness (QED) is 0.599. The van der Waals surface area contributed by atoms with Crippen LogP contribution < -0.4 is 4.74 Å². The van der Waals surface area contributed by atoms with Crippen LogP contribution in [0.15, 0.2) is 18.2 Å². The summed E-state index contributed by atoms with van der Waals surface area (Å²) in [6.07, 6.45) is -0.387. The topological polar surface area (TPSA) is 52.6 Å². The average Bonchev–Trinajstić information content (AvgIpc) is 2.29. The summed E-state index contributed by atoms with van der Waals surface area (Å²) in [6.45, 7) is 0. The highest BCUT2D eigenvalue weighted by Crippen LogP contribution is 2.18. The highest BCUT2D eigenvalue weighted by atomic mass is 19.1. The van der Waals surface area contributed by atoms with Crippen molar-refractivity contribution < 1.29 is 27.8 Å².